The normalized spacial score (nSPS) is 36.7. The van der Waals surface area contributed by atoms with Crippen LogP contribution in [0, 0.1) is 23.2 Å². The molecule has 2 saturated carbocycles. The van der Waals surface area contributed by atoms with E-state index in [1.165, 1.54) is 50.5 Å². The van der Waals surface area contributed by atoms with Gasteiger partial charge in [-0.15, -0.1) is 0 Å². The Labute approximate surface area is 80.4 Å². The minimum Gasteiger partial charge on any atom is -0.193 e. The number of allylic oxidation sites excluding steroid dienone is 2. The second kappa shape index (κ2) is 3.96. The van der Waals surface area contributed by atoms with Crippen LogP contribution in [0.15, 0.2) is 11.6 Å². The zero-order valence-corrected chi connectivity index (χ0v) is 8.13. The van der Waals surface area contributed by atoms with Crippen molar-refractivity contribution in [2.75, 3.05) is 0 Å². The zero-order chi connectivity index (χ0) is 9.10. The predicted molar refractivity (Wildman–Crippen MR) is 53.0 cm³/mol. The van der Waals surface area contributed by atoms with Gasteiger partial charge in [0.2, 0.25) is 0 Å². The third-order valence-corrected chi connectivity index (χ3v) is 3.68. The molecule has 2 fully saturated rings. The predicted octanol–water partition coefficient (Wildman–Crippen LogP) is 3.43. The van der Waals surface area contributed by atoms with Gasteiger partial charge in [-0.3, -0.25) is 0 Å². The maximum atomic E-state index is 8.68. The van der Waals surface area contributed by atoms with E-state index in [4.69, 9.17) is 5.26 Å². The molecule has 2 rings (SSSR count). The maximum Gasteiger partial charge on any atom is 0.0911 e. The van der Waals surface area contributed by atoms with Crippen LogP contribution in [0.5, 0.6) is 0 Å². The molecule has 0 aromatic heterocycles. The summed E-state index contributed by atoms with van der Waals surface area (Å²) in [5.41, 5.74) is 1.46. The van der Waals surface area contributed by atoms with Crippen molar-refractivity contribution >= 4 is 0 Å². The van der Waals surface area contributed by atoms with Gasteiger partial charge in [0.25, 0.3) is 0 Å². The fraction of sp³-hybridized carbons (Fsp3) is 0.750. The molecule has 0 saturated heterocycles. The Morgan fingerprint density at radius 2 is 1.92 bits per heavy atom. The minimum atomic E-state index is 0.780. The first-order valence-corrected chi connectivity index (χ1v) is 5.50. The van der Waals surface area contributed by atoms with Crippen LogP contribution >= 0.6 is 0 Å². The highest BCUT2D eigenvalue weighted by Crippen LogP contribution is 2.43. The molecule has 0 aromatic rings. The van der Waals surface area contributed by atoms with Crippen molar-refractivity contribution in [2.24, 2.45) is 11.8 Å². The number of rotatable bonds is 0. The van der Waals surface area contributed by atoms with Gasteiger partial charge in [0.15, 0.2) is 0 Å². The van der Waals surface area contributed by atoms with E-state index in [2.05, 4.69) is 6.07 Å². The molecule has 0 N–H and O–H groups in total. The van der Waals surface area contributed by atoms with E-state index in [0.717, 1.165) is 11.8 Å². The van der Waals surface area contributed by atoms with Gasteiger partial charge in [-0.1, -0.05) is 18.4 Å². The maximum absolute atomic E-state index is 8.68. The first-order valence-electron chi connectivity index (χ1n) is 5.50. The molecule has 2 aliphatic carbocycles. The fourth-order valence-corrected chi connectivity index (χ4v) is 3.06. The Morgan fingerprint density at radius 3 is 2.77 bits per heavy atom. The largest absolute Gasteiger partial charge is 0.193 e. The highest BCUT2D eigenvalue weighted by molar-refractivity contribution is 5.19. The molecule has 70 valence electrons. The molecule has 0 heterocycles. The topological polar surface area (TPSA) is 23.8 Å². The van der Waals surface area contributed by atoms with Crippen molar-refractivity contribution in [1.29, 1.82) is 5.26 Å². The Balaban J connectivity index is 2.12. The average Bonchev–Trinajstić information content (AvgIpc) is 2.19. The SMILES string of the molecule is N#C/C=C1\CCCC2CCCCC12. The summed E-state index contributed by atoms with van der Waals surface area (Å²) in [6.07, 6.45) is 11.3. The first kappa shape index (κ1) is 8.81. The molecular formula is C12H17N. The summed E-state index contributed by atoms with van der Waals surface area (Å²) in [4.78, 5) is 0. The molecule has 13 heavy (non-hydrogen) atoms. The standard InChI is InChI=1S/C12H17N/c13-9-8-11-6-3-5-10-4-1-2-7-12(10)11/h8,10,12H,1-7H2/b11-8+. The van der Waals surface area contributed by atoms with Gasteiger partial charge in [-0.2, -0.15) is 5.26 Å². The molecule has 2 unspecified atom stereocenters. The first-order chi connectivity index (χ1) is 6.42. The smallest absolute Gasteiger partial charge is 0.0911 e. The van der Waals surface area contributed by atoms with E-state index in [1.54, 1.807) is 0 Å². The van der Waals surface area contributed by atoms with Crippen molar-refractivity contribution in [3.8, 4) is 6.07 Å². The number of nitriles is 1. The van der Waals surface area contributed by atoms with Gasteiger partial charge in [0.1, 0.15) is 0 Å². The lowest BCUT2D eigenvalue weighted by atomic mass is 9.68. The third kappa shape index (κ3) is 1.77. The van der Waals surface area contributed by atoms with Gasteiger partial charge in [-0.25, -0.2) is 0 Å². The lowest BCUT2D eigenvalue weighted by molar-refractivity contribution is 0.223. The number of nitrogens with zero attached hydrogens (tertiary/aromatic N) is 1. The molecule has 0 aliphatic heterocycles. The van der Waals surface area contributed by atoms with Crippen molar-refractivity contribution in [3.63, 3.8) is 0 Å². The summed E-state index contributed by atoms with van der Waals surface area (Å²) in [6, 6.07) is 2.21. The molecule has 1 heteroatoms. The monoisotopic (exact) mass is 175 g/mol. The molecule has 2 atom stereocenters. The summed E-state index contributed by atoms with van der Waals surface area (Å²) < 4.78 is 0. The van der Waals surface area contributed by atoms with E-state index < -0.39 is 0 Å². The summed E-state index contributed by atoms with van der Waals surface area (Å²) in [7, 11) is 0. The number of hydrogen-bond donors (Lipinski definition) is 0. The molecular weight excluding hydrogens is 158 g/mol. The minimum absolute atomic E-state index is 0.780. The number of fused-ring (bicyclic) bond motifs is 1. The Bertz CT molecular complexity index is 244. The molecule has 0 bridgehead atoms. The van der Waals surface area contributed by atoms with E-state index in [1.807, 2.05) is 6.08 Å². The van der Waals surface area contributed by atoms with Crippen molar-refractivity contribution in [2.45, 2.75) is 44.9 Å². The van der Waals surface area contributed by atoms with Gasteiger partial charge in [-0.05, 0) is 43.9 Å². The molecule has 0 spiro atoms. The van der Waals surface area contributed by atoms with Crippen LogP contribution in [0.2, 0.25) is 0 Å². The van der Waals surface area contributed by atoms with Crippen LogP contribution < -0.4 is 0 Å². The zero-order valence-electron chi connectivity index (χ0n) is 8.13. The van der Waals surface area contributed by atoms with Gasteiger partial charge in [0, 0.05) is 6.08 Å². The van der Waals surface area contributed by atoms with Crippen LogP contribution in [0.3, 0.4) is 0 Å². The van der Waals surface area contributed by atoms with Crippen LogP contribution in [-0.2, 0) is 0 Å². The average molecular weight is 175 g/mol. The Hall–Kier alpha value is -0.770. The van der Waals surface area contributed by atoms with Gasteiger partial charge in [0.05, 0.1) is 6.07 Å². The molecule has 0 radical (unpaired) electrons. The van der Waals surface area contributed by atoms with Crippen LogP contribution in [-0.4, -0.2) is 0 Å². The summed E-state index contributed by atoms with van der Waals surface area (Å²) in [5, 5.41) is 8.68. The van der Waals surface area contributed by atoms with Crippen molar-refractivity contribution in [1.82, 2.24) is 0 Å². The molecule has 1 nitrogen and oxygen atoms in total. The lowest BCUT2D eigenvalue weighted by Crippen LogP contribution is -2.25. The van der Waals surface area contributed by atoms with Crippen LogP contribution in [0.25, 0.3) is 0 Å². The summed E-state index contributed by atoms with van der Waals surface area (Å²) in [5.74, 6) is 1.70. The molecule has 0 amide bonds. The van der Waals surface area contributed by atoms with E-state index in [0.29, 0.717) is 0 Å². The summed E-state index contributed by atoms with van der Waals surface area (Å²) in [6.45, 7) is 0. The van der Waals surface area contributed by atoms with Crippen molar-refractivity contribution in [3.05, 3.63) is 11.6 Å². The fourth-order valence-electron chi connectivity index (χ4n) is 3.06. The second-order valence-corrected chi connectivity index (χ2v) is 4.39. The Kier molecular flexibility index (Phi) is 2.68. The van der Waals surface area contributed by atoms with E-state index >= 15 is 0 Å². The van der Waals surface area contributed by atoms with E-state index in [9.17, 15) is 0 Å². The second-order valence-electron chi connectivity index (χ2n) is 4.39. The third-order valence-electron chi connectivity index (χ3n) is 3.68. The van der Waals surface area contributed by atoms with Crippen LogP contribution in [0.1, 0.15) is 44.9 Å². The van der Waals surface area contributed by atoms with Crippen molar-refractivity contribution < 1.29 is 0 Å². The van der Waals surface area contributed by atoms with E-state index in [-0.39, 0.29) is 0 Å². The molecule has 0 aromatic carbocycles. The van der Waals surface area contributed by atoms with Gasteiger partial charge >= 0.3 is 0 Å². The lowest BCUT2D eigenvalue weighted by Gasteiger charge is -2.37. The highest BCUT2D eigenvalue weighted by Gasteiger charge is 2.30. The summed E-state index contributed by atoms with van der Waals surface area (Å²) >= 11 is 0. The number of hydrogen-bond acceptors (Lipinski definition) is 1. The van der Waals surface area contributed by atoms with Gasteiger partial charge < -0.3 is 0 Å². The van der Waals surface area contributed by atoms with Crippen LogP contribution in [0.4, 0.5) is 0 Å². The Morgan fingerprint density at radius 1 is 1.15 bits per heavy atom. The highest BCUT2D eigenvalue weighted by atomic mass is 14.4. The quantitative estimate of drug-likeness (QED) is 0.517. The molecule has 2 aliphatic rings.